The van der Waals surface area contributed by atoms with Gasteiger partial charge in [0.1, 0.15) is 0 Å². The maximum Gasteiger partial charge on any atom is 0.236 e. The van der Waals surface area contributed by atoms with Gasteiger partial charge in [-0.25, -0.2) is 0 Å². The molecule has 3 heterocycles. The minimum absolute atomic E-state index is 0.0999. The zero-order valence-corrected chi connectivity index (χ0v) is 17.9. The molecule has 0 radical (unpaired) electrons. The van der Waals surface area contributed by atoms with Crippen molar-refractivity contribution in [3.05, 3.63) is 59.9 Å². The molecule has 0 N–H and O–H groups in total. The maximum atomic E-state index is 12.9. The number of nitrogens with zero attached hydrogens (tertiary/aromatic N) is 4. The van der Waals surface area contributed by atoms with Crippen LogP contribution in [0.1, 0.15) is 24.1 Å². The molecular weight excluding hydrogens is 376 g/mol. The molecule has 2 saturated heterocycles. The van der Waals surface area contributed by atoms with Crippen LogP contribution in [0.25, 0.3) is 0 Å². The van der Waals surface area contributed by atoms with Crippen molar-refractivity contribution in [2.24, 2.45) is 0 Å². The number of ether oxygens (including phenoxy) is 1. The Morgan fingerprint density at radius 2 is 1.97 bits per heavy atom. The van der Waals surface area contributed by atoms with Crippen LogP contribution in [0.4, 0.5) is 5.69 Å². The van der Waals surface area contributed by atoms with Gasteiger partial charge in [-0.05, 0) is 49.6 Å². The number of piperazine rings is 1. The average Bonchev–Trinajstić information content (AvgIpc) is 2.79. The lowest BCUT2D eigenvalue weighted by Gasteiger charge is -2.38. The topological polar surface area (TPSA) is 48.9 Å². The van der Waals surface area contributed by atoms with Gasteiger partial charge in [0.05, 0.1) is 24.9 Å². The Hall–Kier alpha value is -2.44. The first-order chi connectivity index (χ1) is 14.7. The van der Waals surface area contributed by atoms with E-state index in [1.165, 1.54) is 11.3 Å². The molecule has 2 aliphatic heterocycles. The van der Waals surface area contributed by atoms with Gasteiger partial charge in [0, 0.05) is 51.2 Å². The van der Waals surface area contributed by atoms with E-state index < -0.39 is 0 Å². The molecule has 4 rings (SSSR count). The van der Waals surface area contributed by atoms with E-state index >= 15 is 0 Å². The van der Waals surface area contributed by atoms with Gasteiger partial charge >= 0.3 is 0 Å². The Balaban J connectivity index is 1.22. The third kappa shape index (κ3) is 5.58. The first kappa shape index (κ1) is 20.8. The Labute approximate surface area is 179 Å². The first-order valence-corrected chi connectivity index (χ1v) is 11.0. The maximum absolute atomic E-state index is 12.9. The van der Waals surface area contributed by atoms with Crippen molar-refractivity contribution in [3.63, 3.8) is 0 Å². The molecule has 6 heteroatoms. The molecule has 1 amide bonds. The number of pyridine rings is 1. The summed E-state index contributed by atoms with van der Waals surface area (Å²) in [5, 5.41) is 0. The quantitative estimate of drug-likeness (QED) is 0.736. The van der Waals surface area contributed by atoms with Gasteiger partial charge in [-0.2, -0.15) is 0 Å². The molecule has 1 aromatic carbocycles. The summed E-state index contributed by atoms with van der Waals surface area (Å²) in [6.45, 7) is 8.45. The highest BCUT2D eigenvalue weighted by Gasteiger charge is 2.26. The van der Waals surface area contributed by atoms with E-state index in [4.69, 9.17) is 4.74 Å². The van der Waals surface area contributed by atoms with Crippen LogP contribution in [0.15, 0.2) is 48.7 Å². The number of aromatic nitrogens is 1. The zero-order valence-electron chi connectivity index (χ0n) is 17.9. The number of carbonyl (C=O) groups excluding carboxylic acids is 1. The minimum atomic E-state index is 0.0999. The monoisotopic (exact) mass is 408 g/mol. The molecule has 160 valence electrons. The molecule has 0 saturated carbocycles. The van der Waals surface area contributed by atoms with Gasteiger partial charge in [-0.3, -0.25) is 14.7 Å². The number of carbonyl (C=O) groups is 1. The van der Waals surface area contributed by atoms with Crippen LogP contribution in [0.5, 0.6) is 0 Å². The fraction of sp³-hybridized carbons (Fsp3) is 0.500. The summed E-state index contributed by atoms with van der Waals surface area (Å²) in [5.74, 6) is 0.227. The van der Waals surface area contributed by atoms with Crippen molar-refractivity contribution in [3.8, 4) is 0 Å². The molecule has 1 atom stereocenters. The van der Waals surface area contributed by atoms with E-state index in [1.54, 1.807) is 6.20 Å². The number of anilines is 1. The van der Waals surface area contributed by atoms with Crippen LogP contribution < -0.4 is 4.90 Å². The Morgan fingerprint density at radius 1 is 1.10 bits per heavy atom. The number of likely N-dealkylation sites (tertiary alicyclic amines) is 1. The van der Waals surface area contributed by atoms with Crippen molar-refractivity contribution in [2.75, 3.05) is 50.7 Å². The predicted octanol–water partition coefficient (Wildman–Crippen LogP) is 2.72. The highest BCUT2D eigenvalue weighted by molar-refractivity contribution is 5.78. The smallest absolute Gasteiger partial charge is 0.236 e. The molecule has 1 aromatic heterocycles. The number of hydrogen-bond donors (Lipinski definition) is 0. The fourth-order valence-corrected chi connectivity index (χ4v) is 4.27. The van der Waals surface area contributed by atoms with Crippen molar-refractivity contribution in [2.45, 2.75) is 32.5 Å². The van der Waals surface area contributed by atoms with Gasteiger partial charge in [-0.1, -0.05) is 18.2 Å². The van der Waals surface area contributed by atoms with E-state index in [2.05, 4.69) is 46.0 Å². The lowest BCUT2D eigenvalue weighted by Crippen LogP contribution is -2.52. The molecule has 2 aromatic rings. The average molecular weight is 409 g/mol. The SMILES string of the molecule is Cc1cccc(N2CCN(CC(=O)N3CCCC(OCc4ccccn4)C3)CC2)c1. The molecule has 0 bridgehead atoms. The van der Waals surface area contributed by atoms with E-state index in [1.807, 2.05) is 23.1 Å². The lowest BCUT2D eigenvalue weighted by atomic mass is 10.1. The molecular formula is C24H32N4O2. The number of benzene rings is 1. The van der Waals surface area contributed by atoms with Gasteiger partial charge in [0.15, 0.2) is 0 Å². The summed E-state index contributed by atoms with van der Waals surface area (Å²) in [6, 6.07) is 14.5. The van der Waals surface area contributed by atoms with Crippen LogP contribution in [-0.2, 0) is 16.1 Å². The molecule has 2 aliphatic rings. The lowest BCUT2D eigenvalue weighted by molar-refractivity contribution is -0.137. The second-order valence-electron chi connectivity index (χ2n) is 8.34. The highest BCUT2D eigenvalue weighted by Crippen LogP contribution is 2.19. The second kappa shape index (κ2) is 10.0. The summed E-state index contributed by atoms with van der Waals surface area (Å²) in [7, 11) is 0. The number of piperidine rings is 1. The predicted molar refractivity (Wildman–Crippen MR) is 118 cm³/mol. The molecule has 2 fully saturated rings. The van der Waals surface area contributed by atoms with E-state index in [0.29, 0.717) is 19.7 Å². The van der Waals surface area contributed by atoms with Gasteiger partial charge < -0.3 is 14.5 Å². The first-order valence-electron chi connectivity index (χ1n) is 11.0. The van der Waals surface area contributed by atoms with Crippen LogP contribution in [0.3, 0.4) is 0 Å². The summed E-state index contributed by atoms with van der Waals surface area (Å²) < 4.78 is 6.04. The Bertz CT molecular complexity index is 821. The standard InChI is InChI=1S/C24H32N4O2/c1-20-6-4-8-22(16-20)27-14-12-26(13-15-27)18-24(29)28-11-5-9-23(17-28)30-19-21-7-2-3-10-25-21/h2-4,6-8,10,16,23H,5,9,11-15,17-19H2,1H3. The summed E-state index contributed by atoms with van der Waals surface area (Å²) in [4.78, 5) is 23.9. The molecule has 0 spiro atoms. The van der Waals surface area contributed by atoms with Crippen LogP contribution in [-0.4, -0.2) is 72.6 Å². The third-order valence-electron chi connectivity index (χ3n) is 6.02. The zero-order chi connectivity index (χ0) is 20.8. The largest absolute Gasteiger partial charge is 0.370 e. The van der Waals surface area contributed by atoms with Crippen molar-refractivity contribution < 1.29 is 9.53 Å². The molecule has 6 nitrogen and oxygen atoms in total. The second-order valence-corrected chi connectivity index (χ2v) is 8.34. The number of aryl methyl sites for hydroxylation is 1. The Kier molecular flexibility index (Phi) is 6.97. The number of amides is 1. The van der Waals surface area contributed by atoms with Crippen LogP contribution >= 0.6 is 0 Å². The van der Waals surface area contributed by atoms with Crippen LogP contribution in [0, 0.1) is 6.92 Å². The third-order valence-corrected chi connectivity index (χ3v) is 6.02. The van der Waals surface area contributed by atoms with E-state index in [-0.39, 0.29) is 12.0 Å². The molecule has 1 unspecified atom stereocenters. The fourth-order valence-electron chi connectivity index (χ4n) is 4.27. The Morgan fingerprint density at radius 3 is 2.73 bits per heavy atom. The summed E-state index contributed by atoms with van der Waals surface area (Å²) >= 11 is 0. The van der Waals surface area contributed by atoms with Gasteiger partial charge in [-0.15, -0.1) is 0 Å². The highest BCUT2D eigenvalue weighted by atomic mass is 16.5. The van der Waals surface area contributed by atoms with Crippen LogP contribution in [0.2, 0.25) is 0 Å². The van der Waals surface area contributed by atoms with E-state index in [9.17, 15) is 4.79 Å². The van der Waals surface area contributed by atoms with E-state index in [0.717, 1.165) is 51.3 Å². The number of hydrogen-bond acceptors (Lipinski definition) is 5. The van der Waals surface area contributed by atoms with Crippen molar-refractivity contribution in [1.82, 2.24) is 14.8 Å². The van der Waals surface area contributed by atoms with Gasteiger partial charge in [0.2, 0.25) is 5.91 Å². The summed E-state index contributed by atoms with van der Waals surface area (Å²) in [5.41, 5.74) is 3.51. The summed E-state index contributed by atoms with van der Waals surface area (Å²) in [6.07, 6.45) is 3.89. The van der Waals surface area contributed by atoms with Crippen molar-refractivity contribution in [1.29, 1.82) is 0 Å². The van der Waals surface area contributed by atoms with Crippen molar-refractivity contribution >= 4 is 11.6 Å². The minimum Gasteiger partial charge on any atom is -0.370 e. The molecule has 0 aliphatic carbocycles. The molecule has 30 heavy (non-hydrogen) atoms. The number of rotatable bonds is 6. The van der Waals surface area contributed by atoms with Gasteiger partial charge in [0.25, 0.3) is 0 Å². The normalized spacial score (nSPS) is 20.4.